The number of ether oxygens (including phenoxy) is 1. The van der Waals surface area contributed by atoms with Gasteiger partial charge in [-0.25, -0.2) is 9.78 Å². The van der Waals surface area contributed by atoms with Gasteiger partial charge in [0.2, 0.25) is 0 Å². The number of benzene rings is 1. The molecule has 5 nitrogen and oxygen atoms in total. The molecule has 0 aliphatic carbocycles. The summed E-state index contributed by atoms with van der Waals surface area (Å²) in [4.78, 5) is 15.3. The minimum absolute atomic E-state index is 0.119. The fraction of sp³-hybridized carbons (Fsp3) is 0.200. The topological polar surface area (TPSA) is 64.4 Å². The second-order valence-corrected chi connectivity index (χ2v) is 4.26. The number of hydrogen-bond acceptors (Lipinski definition) is 4. The van der Waals surface area contributed by atoms with Crippen LogP contribution in [-0.4, -0.2) is 27.2 Å². The van der Waals surface area contributed by atoms with E-state index in [0.717, 1.165) is 11.3 Å². The first-order valence-corrected chi connectivity index (χ1v) is 6.29. The lowest BCUT2D eigenvalue weighted by Crippen LogP contribution is -1.98. The van der Waals surface area contributed by atoms with Gasteiger partial charge in [-0.2, -0.15) is 0 Å². The molecule has 1 aromatic carbocycles. The van der Waals surface area contributed by atoms with Gasteiger partial charge in [-0.3, -0.25) is 0 Å². The average Bonchev–Trinajstić information content (AvgIpc) is 2.83. The van der Waals surface area contributed by atoms with Gasteiger partial charge in [0.15, 0.2) is 0 Å². The van der Waals surface area contributed by atoms with Crippen LogP contribution in [0.3, 0.4) is 0 Å². The molecule has 5 heteroatoms. The SMILES string of the molecule is CCOC(=O)/C=C/c1ccc(-n2cnc(C)c2)c(O)c1. The number of esters is 1. The Balaban J connectivity index is 2.20. The molecule has 2 aromatic rings. The zero-order valence-electron chi connectivity index (χ0n) is 11.4. The standard InChI is InChI=1S/C15H16N2O3/c1-3-20-15(19)7-5-12-4-6-13(14(18)8-12)17-9-11(2)16-10-17/h4-10,18H,3H2,1-2H3/b7-5+. The molecule has 0 atom stereocenters. The van der Waals surface area contributed by atoms with Crippen LogP contribution in [0, 0.1) is 6.92 Å². The van der Waals surface area contributed by atoms with E-state index < -0.39 is 5.97 Å². The number of carbonyl (C=O) groups is 1. The Morgan fingerprint density at radius 2 is 2.30 bits per heavy atom. The molecule has 1 heterocycles. The van der Waals surface area contributed by atoms with Crippen molar-refractivity contribution >= 4 is 12.0 Å². The van der Waals surface area contributed by atoms with E-state index >= 15 is 0 Å². The first-order valence-electron chi connectivity index (χ1n) is 6.29. The van der Waals surface area contributed by atoms with Gasteiger partial charge in [0.05, 0.1) is 24.3 Å². The van der Waals surface area contributed by atoms with E-state index in [0.29, 0.717) is 12.3 Å². The second kappa shape index (κ2) is 6.06. The molecule has 0 aliphatic rings. The molecule has 104 valence electrons. The van der Waals surface area contributed by atoms with Gasteiger partial charge in [0, 0.05) is 12.3 Å². The van der Waals surface area contributed by atoms with Crippen LogP contribution in [0.25, 0.3) is 11.8 Å². The monoisotopic (exact) mass is 272 g/mol. The molecule has 20 heavy (non-hydrogen) atoms. The fourth-order valence-corrected chi connectivity index (χ4v) is 1.77. The van der Waals surface area contributed by atoms with Gasteiger partial charge in [-0.05, 0) is 37.6 Å². The molecule has 0 spiro atoms. The fourth-order valence-electron chi connectivity index (χ4n) is 1.77. The summed E-state index contributed by atoms with van der Waals surface area (Å²) in [6, 6.07) is 5.15. The minimum Gasteiger partial charge on any atom is -0.506 e. The lowest BCUT2D eigenvalue weighted by molar-refractivity contribution is -0.137. The summed E-state index contributed by atoms with van der Waals surface area (Å²) in [6.45, 7) is 3.97. The van der Waals surface area contributed by atoms with Crippen molar-refractivity contribution in [1.29, 1.82) is 0 Å². The number of aromatic nitrogens is 2. The number of carbonyl (C=O) groups excluding carboxylic acids is 1. The largest absolute Gasteiger partial charge is 0.506 e. The van der Waals surface area contributed by atoms with Crippen molar-refractivity contribution in [2.24, 2.45) is 0 Å². The second-order valence-electron chi connectivity index (χ2n) is 4.26. The number of nitrogens with zero attached hydrogens (tertiary/aromatic N) is 2. The Morgan fingerprint density at radius 3 is 2.90 bits per heavy atom. The number of phenolic OH excluding ortho intramolecular Hbond substituents is 1. The van der Waals surface area contributed by atoms with Crippen LogP contribution in [0.15, 0.2) is 36.8 Å². The highest BCUT2D eigenvalue weighted by atomic mass is 16.5. The molecule has 0 fully saturated rings. The molecule has 1 aromatic heterocycles. The summed E-state index contributed by atoms with van der Waals surface area (Å²) >= 11 is 0. The molecule has 0 saturated carbocycles. The van der Waals surface area contributed by atoms with E-state index in [9.17, 15) is 9.90 Å². The molecule has 0 saturated heterocycles. The Morgan fingerprint density at radius 1 is 1.50 bits per heavy atom. The van der Waals surface area contributed by atoms with Crippen LogP contribution in [0.2, 0.25) is 0 Å². The van der Waals surface area contributed by atoms with Crippen LogP contribution in [-0.2, 0) is 9.53 Å². The Bertz CT molecular complexity index is 644. The molecule has 1 N–H and O–H groups in total. The van der Waals surface area contributed by atoms with Crippen LogP contribution in [0.1, 0.15) is 18.2 Å². The molecule has 0 aliphatic heterocycles. The maximum atomic E-state index is 11.2. The molecule has 2 rings (SSSR count). The smallest absolute Gasteiger partial charge is 0.330 e. The summed E-state index contributed by atoms with van der Waals surface area (Å²) < 4.78 is 6.53. The Labute approximate surface area is 117 Å². The van der Waals surface area contributed by atoms with Gasteiger partial charge in [0.25, 0.3) is 0 Å². The lowest BCUT2D eigenvalue weighted by Gasteiger charge is -2.06. The number of aromatic hydroxyl groups is 1. The third kappa shape index (κ3) is 3.26. The number of rotatable bonds is 4. The van der Waals surface area contributed by atoms with Crippen molar-refractivity contribution < 1.29 is 14.6 Å². The third-order valence-corrected chi connectivity index (χ3v) is 2.69. The average molecular weight is 272 g/mol. The van der Waals surface area contributed by atoms with Crippen LogP contribution in [0.5, 0.6) is 5.75 Å². The van der Waals surface area contributed by atoms with Gasteiger partial charge in [0.1, 0.15) is 5.75 Å². The third-order valence-electron chi connectivity index (χ3n) is 2.69. The predicted molar refractivity (Wildman–Crippen MR) is 75.6 cm³/mol. The van der Waals surface area contributed by atoms with Crippen molar-refractivity contribution in [3.8, 4) is 11.4 Å². The van der Waals surface area contributed by atoms with E-state index in [1.165, 1.54) is 6.08 Å². The molecule has 0 radical (unpaired) electrons. The zero-order valence-corrected chi connectivity index (χ0v) is 11.4. The summed E-state index contributed by atoms with van der Waals surface area (Å²) in [5.41, 5.74) is 2.23. The highest BCUT2D eigenvalue weighted by Gasteiger charge is 2.04. The number of phenols is 1. The first-order chi connectivity index (χ1) is 9.60. The Kier molecular flexibility index (Phi) is 4.20. The van der Waals surface area contributed by atoms with E-state index in [2.05, 4.69) is 4.98 Å². The lowest BCUT2D eigenvalue weighted by atomic mass is 10.1. The Hall–Kier alpha value is -2.56. The van der Waals surface area contributed by atoms with Crippen LogP contribution < -0.4 is 0 Å². The minimum atomic E-state index is -0.402. The van der Waals surface area contributed by atoms with Crippen molar-refractivity contribution in [2.45, 2.75) is 13.8 Å². The molecule has 0 amide bonds. The van der Waals surface area contributed by atoms with Crippen molar-refractivity contribution in [2.75, 3.05) is 6.61 Å². The van der Waals surface area contributed by atoms with Gasteiger partial charge < -0.3 is 14.4 Å². The van der Waals surface area contributed by atoms with E-state index in [1.54, 1.807) is 42.1 Å². The summed E-state index contributed by atoms with van der Waals surface area (Å²) in [7, 11) is 0. The number of imidazole rings is 1. The maximum absolute atomic E-state index is 11.2. The summed E-state index contributed by atoms with van der Waals surface area (Å²) in [5.74, 6) is -0.283. The number of aryl methyl sites for hydroxylation is 1. The summed E-state index contributed by atoms with van der Waals surface area (Å²) in [6.07, 6.45) is 6.39. The highest BCUT2D eigenvalue weighted by molar-refractivity contribution is 5.87. The maximum Gasteiger partial charge on any atom is 0.330 e. The number of hydrogen-bond donors (Lipinski definition) is 1. The molecular weight excluding hydrogens is 256 g/mol. The highest BCUT2D eigenvalue weighted by Crippen LogP contribution is 2.23. The molecular formula is C15H16N2O3. The zero-order chi connectivity index (χ0) is 14.5. The van der Waals surface area contributed by atoms with Crippen molar-refractivity contribution in [3.63, 3.8) is 0 Å². The van der Waals surface area contributed by atoms with E-state index in [-0.39, 0.29) is 5.75 Å². The van der Waals surface area contributed by atoms with Crippen LogP contribution in [0.4, 0.5) is 0 Å². The van der Waals surface area contributed by atoms with Gasteiger partial charge >= 0.3 is 5.97 Å². The van der Waals surface area contributed by atoms with Crippen molar-refractivity contribution in [1.82, 2.24) is 9.55 Å². The molecule has 0 bridgehead atoms. The first kappa shape index (κ1) is 13.9. The quantitative estimate of drug-likeness (QED) is 0.686. The molecule has 0 unspecified atom stereocenters. The summed E-state index contributed by atoms with van der Waals surface area (Å²) in [5, 5.41) is 10.0. The van der Waals surface area contributed by atoms with Gasteiger partial charge in [-0.1, -0.05) is 6.07 Å². The normalized spacial score (nSPS) is 10.9. The van der Waals surface area contributed by atoms with E-state index in [1.807, 2.05) is 13.1 Å². The van der Waals surface area contributed by atoms with Crippen molar-refractivity contribution in [3.05, 3.63) is 48.1 Å². The van der Waals surface area contributed by atoms with E-state index in [4.69, 9.17) is 4.74 Å². The van der Waals surface area contributed by atoms with Crippen LogP contribution >= 0.6 is 0 Å². The van der Waals surface area contributed by atoms with Gasteiger partial charge in [-0.15, -0.1) is 0 Å². The predicted octanol–water partition coefficient (Wildman–Crippen LogP) is 2.46.